The lowest BCUT2D eigenvalue weighted by Crippen LogP contribution is -2.68. The number of carbonyl (C=O) groups excluding carboxylic acids is 1. The third-order valence-corrected chi connectivity index (χ3v) is 7.77. The van der Waals surface area contributed by atoms with Gasteiger partial charge in [0.15, 0.2) is 5.82 Å². The number of nitrogens with one attached hydrogen (secondary N) is 3. The molecule has 172 valence electrons. The summed E-state index contributed by atoms with van der Waals surface area (Å²) in [6, 6.07) is 3.76. The number of ether oxygens (including phenoxy) is 1. The van der Waals surface area contributed by atoms with Crippen molar-refractivity contribution in [2.75, 3.05) is 5.32 Å². The van der Waals surface area contributed by atoms with Crippen LogP contribution in [0, 0.1) is 5.92 Å². The molecule has 5 fully saturated rings. The van der Waals surface area contributed by atoms with Crippen molar-refractivity contribution in [2.45, 2.75) is 74.6 Å². The van der Waals surface area contributed by atoms with Crippen LogP contribution in [0.4, 0.5) is 21.0 Å². The smallest absolute Gasteiger partial charge is 0.407 e. The number of H-pyrrole nitrogens is 1. The Labute approximate surface area is 189 Å². The van der Waals surface area contributed by atoms with Crippen LogP contribution in [0.1, 0.15) is 68.2 Å². The predicted molar refractivity (Wildman–Crippen MR) is 117 cm³/mol. The number of rotatable bonds is 6. The Balaban J connectivity index is 1.01. The Morgan fingerprint density at radius 2 is 2.09 bits per heavy atom. The van der Waals surface area contributed by atoms with Crippen LogP contribution in [0.25, 0.3) is 5.65 Å². The van der Waals surface area contributed by atoms with Crippen LogP contribution in [0.3, 0.4) is 0 Å². The molecule has 9 nitrogen and oxygen atoms in total. The van der Waals surface area contributed by atoms with E-state index >= 15 is 0 Å². The lowest BCUT2D eigenvalue weighted by molar-refractivity contribution is -0.0530. The molecule has 0 aliphatic heterocycles. The van der Waals surface area contributed by atoms with Crippen molar-refractivity contribution in [3.05, 3.63) is 35.9 Å². The molecule has 0 radical (unpaired) electrons. The predicted octanol–water partition coefficient (Wildman–Crippen LogP) is 3.94. The van der Waals surface area contributed by atoms with Crippen molar-refractivity contribution in [1.82, 2.24) is 29.9 Å². The normalized spacial score (nSPS) is 32.3. The minimum absolute atomic E-state index is 0.0684. The van der Waals surface area contributed by atoms with Crippen molar-refractivity contribution in [3.8, 4) is 0 Å². The van der Waals surface area contributed by atoms with Gasteiger partial charge in [-0.1, -0.05) is 0 Å². The number of fused-ring (bicyclic) bond motifs is 1. The second-order valence-corrected chi connectivity index (χ2v) is 10.3. The molecule has 5 aliphatic rings. The quantitative estimate of drug-likeness (QED) is 0.524. The van der Waals surface area contributed by atoms with Gasteiger partial charge in [0, 0.05) is 41.5 Å². The summed E-state index contributed by atoms with van der Waals surface area (Å²) in [5.41, 5.74) is 2.69. The topological polar surface area (TPSA) is 109 Å². The maximum atomic E-state index is 14.6. The molecule has 3 aromatic rings. The summed E-state index contributed by atoms with van der Waals surface area (Å²) in [7, 11) is 0. The number of imidazole rings is 1. The number of aromatic nitrogens is 5. The maximum Gasteiger partial charge on any atom is 0.407 e. The van der Waals surface area contributed by atoms with E-state index < -0.39 is 18.4 Å². The zero-order valence-electron chi connectivity index (χ0n) is 18.1. The molecule has 5 saturated carbocycles. The van der Waals surface area contributed by atoms with Gasteiger partial charge < -0.3 is 15.4 Å². The Kier molecular flexibility index (Phi) is 4.05. The Hall–Kier alpha value is -3.17. The summed E-state index contributed by atoms with van der Waals surface area (Å²) in [6.45, 7) is 0. The zero-order chi connectivity index (χ0) is 22.2. The van der Waals surface area contributed by atoms with Crippen molar-refractivity contribution < 1.29 is 13.9 Å². The van der Waals surface area contributed by atoms with E-state index in [1.54, 1.807) is 6.20 Å². The van der Waals surface area contributed by atoms with Gasteiger partial charge in [0.1, 0.15) is 17.9 Å². The monoisotopic (exact) mass is 451 g/mol. The van der Waals surface area contributed by atoms with Crippen LogP contribution in [0.5, 0.6) is 0 Å². The number of nitrogens with zero attached hydrogens (tertiary/aromatic N) is 4. The largest absolute Gasteiger partial charge is 0.443 e. The number of anilines is 2. The van der Waals surface area contributed by atoms with Gasteiger partial charge in [0.25, 0.3) is 0 Å². The Morgan fingerprint density at radius 3 is 2.85 bits per heavy atom. The van der Waals surface area contributed by atoms with Crippen LogP contribution in [-0.2, 0) is 4.74 Å². The van der Waals surface area contributed by atoms with Crippen molar-refractivity contribution in [3.63, 3.8) is 0 Å². The first-order chi connectivity index (χ1) is 16.0. The molecular formula is C23H26FN7O2. The first-order valence-electron chi connectivity index (χ1n) is 11.8. The summed E-state index contributed by atoms with van der Waals surface area (Å²) in [4.78, 5) is 21.4. The molecule has 0 unspecified atom stereocenters. The van der Waals surface area contributed by atoms with Gasteiger partial charge in [0.05, 0.1) is 5.69 Å². The average molecular weight is 452 g/mol. The van der Waals surface area contributed by atoms with Crippen molar-refractivity contribution >= 4 is 23.5 Å². The number of alkyl carbamates (subject to hydrolysis) is 1. The highest BCUT2D eigenvalue weighted by atomic mass is 19.1. The molecule has 0 aromatic carbocycles. The van der Waals surface area contributed by atoms with Crippen LogP contribution in [0.2, 0.25) is 0 Å². The maximum absolute atomic E-state index is 14.6. The second-order valence-electron chi connectivity index (χ2n) is 10.3. The fourth-order valence-corrected chi connectivity index (χ4v) is 5.67. The first kappa shape index (κ1) is 19.3. The van der Waals surface area contributed by atoms with Crippen LogP contribution in [-0.4, -0.2) is 48.5 Å². The molecule has 10 heteroatoms. The first-order valence-corrected chi connectivity index (χ1v) is 11.8. The third-order valence-electron chi connectivity index (χ3n) is 7.77. The van der Waals surface area contributed by atoms with Gasteiger partial charge in [0.2, 0.25) is 5.95 Å². The highest BCUT2D eigenvalue weighted by molar-refractivity contribution is 5.69. The van der Waals surface area contributed by atoms with E-state index in [-0.39, 0.29) is 11.5 Å². The molecule has 5 aliphatic carbocycles. The van der Waals surface area contributed by atoms with E-state index in [9.17, 15) is 9.18 Å². The summed E-state index contributed by atoms with van der Waals surface area (Å²) >= 11 is 0. The number of hydrogen-bond acceptors (Lipinski definition) is 6. The molecule has 8 rings (SSSR count). The van der Waals surface area contributed by atoms with Gasteiger partial charge in [-0.25, -0.2) is 19.2 Å². The van der Waals surface area contributed by atoms with Gasteiger partial charge in [-0.15, -0.1) is 0 Å². The standard InChI is InChI=1S/C23H26FN7O2/c24-15-5-14(6-18(15)33-22(32)28-23-8-12(9-23)10-23)16-7-19(30-29-16)27-21-25-4-3-20-26-17(11-31(20)21)13-1-2-13/h3-4,7,11-15,18H,1-2,5-6,8-10H2,(H,28,32)(H2,25,27,29,30)/t12?,14-,15+,18-,23?/m0/s1. The Morgan fingerprint density at radius 1 is 1.24 bits per heavy atom. The molecule has 2 bridgehead atoms. The minimum Gasteiger partial charge on any atom is -0.443 e. The highest BCUT2D eigenvalue weighted by Gasteiger charge is 2.58. The van der Waals surface area contributed by atoms with Crippen LogP contribution in [0.15, 0.2) is 24.5 Å². The molecule has 3 heterocycles. The Bertz CT molecular complexity index is 1220. The SMILES string of the molecule is O=C(NC12CC(C1)C2)O[C@H]1C[C@@H](c2cc(Nc3nccc4nc(C5CC5)cn34)n[nH]2)C[C@H]1F. The van der Waals surface area contributed by atoms with Gasteiger partial charge in [-0.2, -0.15) is 5.10 Å². The number of carbonyl (C=O) groups is 1. The van der Waals surface area contributed by atoms with Crippen LogP contribution < -0.4 is 10.6 Å². The van der Waals surface area contributed by atoms with E-state index in [1.807, 2.05) is 22.7 Å². The van der Waals surface area contributed by atoms with Gasteiger partial charge in [-0.3, -0.25) is 9.50 Å². The average Bonchev–Trinajstić information content (AvgIpc) is 3.14. The van der Waals surface area contributed by atoms with Crippen molar-refractivity contribution in [2.24, 2.45) is 5.92 Å². The van der Waals surface area contributed by atoms with Gasteiger partial charge >= 0.3 is 6.09 Å². The lowest BCUT2D eigenvalue weighted by Gasteiger charge is -2.61. The molecule has 1 amide bonds. The number of amides is 1. The molecule has 33 heavy (non-hydrogen) atoms. The third kappa shape index (κ3) is 3.34. The molecule has 0 spiro atoms. The van der Waals surface area contributed by atoms with E-state index in [1.165, 1.54) is 12.8 Å². The molecule has 0 saturated heterocycles. The fourth-order valence-electron chi connectivity index (χ4n) is 5.67. The summed E-state index contributed by atoms with van der Waals surface area (Å²) in [6.07, 6.45) is 7.55. The number of hydrogen-bond donors (Lipinski definition) is 3. The minimum atomic E-state index is -1.18. The number of halogens is 1. The molecular weight excluding hydrogens is 425 g/mol. The lowest BCUT2D eigenvalue weighted by atomic mass is 9.50. The molecule has 3 atom stereocenters. The number of aromatic amines is 1. The zero-order valence-corrected chi connectivity index (χ0v) is 18.1. The molecule has 3 N–H and O–H groups in total. The summed E-state index contributed by atoms with van der Waals surface area (Å²) in [5, 5.41) is 13.6. The van der Waals surface area contributed by atoms with E-state index in [4.69, 9.17) is 4.74 Å². The van der Waals surface area contributed by atoms with E-state index in [2.05, 4.69) is 30.8 Å². The summed E-state index contributed by atoms with van der Waals surface area (Å²) < 4.78 is 22.0. The van der Waals surface area contributed by atoms with Gasteiger partial charge in [-0.05, 0) is 56.9 Å². The molecule has 3 aromatic heterocycles. The van der Waals surface area contributed by atoms with Crippen LogP contribution >= 0.6 is 0 Å². The highest BCUT2D eigenvalue weighted by Crippen LogP contribution is 2.57. The van der Waals surface area contributed by atoms with E-state index in [0.717, 1.165) is 42.2 Å². The van der Waals surface area contributed by atoms with Crippen molar-refractivity contribution in [1.29, 1.82) is 0 Å². The fraction of sp³-hybridized carbons (Fsp3) is 0.565. The summed E-state index contributed by atoms with van der Waals surface area (Å²) in [5.74, 6) is 2.46. The number of alkyl halides is 1. The second kappa shape index (κ2) is 6.91. The van der Waals surface area contributed by atoms with E-state index in [0.29, 0.717) is 30.5 Å².